The molecule has 0 aromatic carbocycles. The lowest BCUT2D eigenvalue weighted by molar-refractivity contribution is -0.0550. The van der Waals surface area contributed by atoms with Gasteiger partial charge in [0.15, 0.2) is 0 Å². The van der Waals surface area contributed by atoms with Crippen LogP contribution in [0.15, 0.2) is 0 Å². The van der Waals surface area contributed by atoms with Crippen molar-refractivity contribution < 1.29 is 9.47 Å². The largest absolute Gasteiger partial charge is 0.355 e. The Hall–Kier alpha value is -0.0800. The highest BCUT2D eigenvalue weighted by atomic mass is 16.7. The predicted molar refractivity (Wildman–Crippen MR) is 46.6 cm³/mol. The molecule has 0 aromatic heterocycles. The van der Waals surface area contributed by atoms with Crippen molar-refractivity contribution >= 4 is 0 Å². The number of hydrogen-bond donors (Lipinski definition) is 0. The summed E-state index contributed by atoms with van der Waals surface area (Å²) in [6.07, 6.45) is 4.65. The van der Waals surface area contributed by atoms with E-state index in [0.29, 0.717) is 6.79 Å². The van der Waals surface area contributed by atoms with Crippen LogP contribution in [0, 0.1) is 0 Å². The Morgan fingerprint density at radius 1 is 0.818 bits per heavy atom. The Morgan fingerprint density at radius 3 is 1.64 bits per heavy atom. The third-order valence-electron chi connectivity index (χ3n) is 1.45. The van der Waals surface area contributed by atoms with Gasteiger partial charge in [0.1, 0.15) is 6.79 Å². The lowest BCUT2D eigenvalue weighted by atomic mass is 10.4. The van der Waals surface area contributed by atoms with Crippen molar-refractivity contribution in [3.63, 3.8) is 0 Å². The van der Waals surface area contributed by atoms with Crippen molar-refractivity contribution in [1.82, 2.24) is 0 Å². The molecule has 0 bridgehead atoms. The Balaban J connectivity index is 2.69. The minimum Gasteiger partial charge on any atom is -0.355 e. The van der Waals surface area contributed by atoms with Gasteiger partial charge in [0, 0.05) is 13.2 Å². The van der Waals surface area contributed by atoms with Crippen LogP contribution in [0.5, 0.6) is 0 Å². The second-order valence-electron chi connectivity index (χ2n) is 2.64. The van der Waals surface area contributed by atoms with Gasteiger partial charge in [-0.15, -0.1) is 0 Å². The normalized spacial score (nSPS) is 10.4. The Morgan fingerprint density at radius 2 is 1.27 bits per heavy atom. The van der Waals surface area contributed by atoms with Crippen LogP contribution in [0.4, 0.5) is 0 Å². The van der Waals surface area contributed by atoms with Gasteiger partial charge in [-0.05, 0) is 12.8 Å². The van der Waals surface area contributed by atoms with Crippen molar-refractivity contribution in [3.05, 3.63) is 0 Å². The lowest BCUT2D eigenvalue weighted by Gasteiger charge is -2.03. The fourth-order valence-electron chi connectivity index (χ4n) is 0.670. The third kappa shape index (κ3) is 9.92. The second kappa shape index (κ2) is 9.92. The van der Waals surface area contributed by atoms with E-state index in [9.17, 15) is 0 Å². The molecule has 0 atom stereocenters. The van der Waals surface area contributed by atoms with E-state index in [1.165, 1.54) is 12.8 Å². The maximum Gasteiger partial charge on any atom is 0.146 e. The zero-order valence-electron chi connectivity index (χ0n) is 7.77. The molecule has 0 radical (unpaired) electrons. The van der Waals surface area contributed by atoms with Gasteiger partial charge >= 0.3 is 0 Å². The summed E-state index contributed by atoms with van der Waals surface area (Å²) in [6, 6.07) is 0. The molecule has 11 heavy (non-hydrogen) atoms. The van der Waals surface area contributed by atoms with Crippen molar-refractivity contribution in [3.8, 4) is 0 Å². The average Bonchev–Trinajstić information content (AvgIpc) is 2.03. The summed E-state index contributed by atoms with van der Waals surface area (Å²) in [5.74, 6) is 0. The molecule has 0 aliphatic heterocycles. The zero-order valence-corrected chi connectivity index (χ0v) is 7.77. The van der Waals surface area contributed by atoms with Gasteiger partial charge in [-0.25, -0.2) is 0 Å². The smallest absolute Gasteiger partial charge is 0.146 e. The van der Waals surface area contributed by atoms with Crippen LogP contribution in [0.3, 0.4) is 0 Å². The van der Waals surface area contributed by atoms with E-state index in [1.54, 1.807) is 0 Å². The first-order chi connectivity index (χ1) is 5.41. The van der Waals surface area contributed by atoms with Crippen LogP contribution in [0.25, 0.3) is 0 Å². The van der Waals surface area contributed by atoms with Gasteiger partial charge in [0.2, 0.25) is 0 Å². The van der Waals surface area contributed by atoms with Crippen LogP contribution in [-0.2, 0) is 9.47 Å². The van der Waals surface area contributed by atoms with Gasteiger partial charge in [-0.1, -0.05) is 26.7 Å². The minimum absolute atomic E-state index is 0.472. The highest BCUT2D eigenvalue weighted by molar-refractivity contribution is 4.30. The summed E-state index contributed by atoms with van der Waals surface area (Å²) >= 11 is 0. The van der Waals surface area contributed by atoms with Crippen LogP contribution < -0.4 is 0 Å². The monoisotopic (exact) mass is 160 g/mol. The molecular formula is C9H20O2. The molecule has 0 spiro atoms. The first kappa shape index (κ1) is 10.9. The lowest BCUT2D eigenvalue weighted by Crippen LogP contribution is -2.02. The summed E-state index contributed by atoms with van der Waals surface area (Å²) < 4.78 is 10.4. The summed E-state index contributed by atoms with van der Waals surface area (Å²) in [7, 11) is 0. The fraction of sp³-hybridized carbons (Fsp3) is 1.00. The molecule has 0 saturated heterocycles. The summed E-state index contributed by atoms with van der Waals surface area (Å²) in [5.41, 5.74) is 0. The van der Waals surface area contributed by atoms with Gasteiger partial charge < -0.3 is 9.47 Å². The fourth-order valence-corrected chi connectivity index (χ4v) is 0.670. The molecule has 0 aliphatic rings. The average molecular weight is 160 g/mol. The van der Waals surface area contributed by atoms with Crippen LogP contribution in [-0.4, -0.2) is 20.0 Å². The maximum absolute atomic E-state index is 5.20. The molecule has 0 N–H and O–H groups in total. The van der Waals surface area contributed by atoms with Gasteiger partial charge in [0.05, 0.1) is 0 Å². The minimum atomic E-state index is 0.472. The van der Waals surface area contributed by atoms with E-state index in [1.807, 2.05) is 0 Å². The molecule has 0 aromatic rings. The topological polar surface area (TPSA) is 18.5 Å². The molecule has 0 saturated carbocycles. The van der Waals surface area contributed by atoms with E-state index in [0.717, 1.165) is 26.1 Å². The molecule has 0 rings (SSSR count). The highest BCUT2D eigenvalue weighted by Crippen LogP contribution is 1.90. The Bertz CT molecular complexity index is 56.6. The Kier molecular flexibility index (Phi) is 9.85. The number of hydrogen-bond acceptors (Lipinski definition) is 2. The third-order valence-corrected chi connectivity index (χ3v) is 1.45. The molecule has 0 heterocycles. The van der Waals surface area contributed by atoms with Crippen molar-refractivity contribution in [2.75, 3.05) is 20.0 Å². The predicted octanol–water partition coefficient (Wildman–Crippen LogP) is 2.58. The molecule has 0 amide bonds. The molecular weight excluding hydrogens is 140 g/mol. The molecule has 0 aliphatic carbocycles. The van der Waals surface area contributed by atoms with Gasteiger partial charge in [-0.2, -0.15) is 0 Å². The number of ether oxygens (including phenoxy) is 2. The quantitative estimate of drug-likeness (QED) is 0.401. The van der Waals surface area contributed by atoms with E-state index in [-0.39, 0.29) is 0 Å². The zero-order chi connectivity index (χ0) is 8.36. The molecule has 2 heteroatoms. The van der Waals surface area contributed by atoms with Crippen molar-refractivity contribution in [2.24, 2.45) is 0 Å². The number of rotatable bonds is 8. The molecule has 2 nitrogen and oxygen atoms in total. The second-order valence-corrected chi connectivity index (χ2v) is 2.64. The summed E-state index contributed by atoms with van der Waals surface area (Å²) in [4.78, 5) is 0. The maximum atomic E-state index is 5.20. The van der Waals surface area contributed by atoms with E-state index in [2.05, 4.69) is 13.8 Å². The molecule has 0 fully saturated rings. The van der Waals surface area contributed by atoms with E-state index in [4.69, 9.17) is 9.47 Å². The van der Waals surface area contributed by atoms with Crippen LogP contribution in [0.1, 0.15) is 39.5 Å². The first-order valence-electron chi connectivity index (χ1n) is 4.57. The van der Waals surface area contributed by atoms with Crippen LogP contribution in [0.2, 0.25) is 0 Å². The molecule has 0 unspecified atom stereocenters. The van der Waals surface area contributed by atoms with Crippen molar-refractivity contribution in [1.29, 1.82) is 0 Å². The van der Waals surface area contributed by atoms with Gasteiger partial charge in [0.25, 0.3) is 0 Å². The number of unbranched alkanes of at least 4 members (excludes halogenated alkanes) is 2. The standard InChI is InChI=1S/C9H20O2/c1-3-5-7-10-9-11-8-6-4-2/h3-9H2,1-2H3. The highest BCUT2D eigenvalue weighted by Gasteiger charge is 1.87. The SMILES string of the molecule is CCCCOCOCCCC. The summed E-state index contributed by atoms with van der Waals surface area (Å²) in [6.45, 7) is 6.45. The van der Waals surface area contributed by atoms with E-state index < -0.39 is 0 Å². The van der Waals surface area contributed by atoms with Crippen molar-refractivity contribution in [2.45, 2.75) is 39.5 Å². The first-order valence-corrected chi connectivity index (χ1v) is 4.57. The van der Waals surface area contributed by atoms with Crippen LogP contribution >= 0.6 is 0 Å². The Labute approximate surface area is 69.9 Å². The summed E-state index contributed by atoms with van der Waals surface area (Å²) in [5, 5.41) is 0. The van der Waals surface area contributed by atoms with Gasteiger partial charge in [-0.3, -0.25) is 0 Å². The molecule has 68 valence electrons. The van der Waals surface area contributed by atoms with E-state index >= 15 is 0 Å².